The zero-order chi connectivity index (χ0) is 9.94. The number of unbranched alkanes of at least 4 members (excludes halogenated alkanes) is 2. The van der Waals surface area contributed by atoms with Gasteiger partial charge in [-0.1, -0.05) is 19.8 Å². The average Bonchev–Trinajstić information content (AvgIpc) is 2.11. The van der Waals surface area contributed by atoms with Gasteiger partial charge in [0.05, 0.1) is 12.0 Å². The molecule has 80 valence electrons. The fourth-order valence-electron chi connectivity index (χ4n) is 1.15. The molecule has 3 heteroatoms. The third kappa shape index (κ3) is 10.1. The average molecular weight is 208 g/mol. The lowest BCUT2D eigenvalue weighted by Crippen LogP contribution is -2.21. The molecule has 1 unspecified atom stereocenters. The summed E-state index contributed by atoms with van der Waals surface area (Å²) in [6, 6.07) is 0. The van der Waals surface area contributed by atoms with Crippen molar-refractivity contribution in [1.82, 2.24) is 5.32 Å². The van der Waals surface area contributed by atoms with Gasteiger partial charge in [0.1, 0.15) is 0 Å². The van der Waals surface area contributed by atoms with Gasteiger partial charge in [-0.05, 0) is 25.9 Å². The van der Waals surface area contributed by atoms with Crippen LogP contribution in [0.15, 0.2) is 0 Å². The number of ether oxygens (including phenoxy) is 1. The highest BCUT2D eigenvalue weighted by molar-refractivity contribution is 6.20. The SMILES string of the molecule is CCCCCNCCC(Cl)COC. The third-order valence-electron chi connectivity index (χ3n) is 1.94. The quantitative estimate of drug-likeness (QED) is 0.463. The number of hydrogen-bond donors (Lipinski definition) is 1. The smallest absolute Gasteiger partial charge is 0.0626 e. The molecule has 13 heavy (non-hydrogen) atoms. The van der Waals surface area contributed by atoms with Crippen LogP contribution in [-0.2, 0) is 4.74 Å². The van der Waals surface area contributed by atoms with Crippen LogP contribution in [0.3, 0.4) is 0 Å². The summed E-state index contributed by atoms with van der Waals surface area (Å²) in [7, 11) is 1.68. The lowest BCUT2D eigenvalue weighted by atomic mass is 10.2. The van der Waals surface area contributed by atoms with E-state index in [-0.39, 0.29) is 5.38 Å². The molecule has 0 amide bonds. The number of nitrogens with one attached hydrogen (secondary N) is 1. The number of alkyl halides is 1. The molecule has 0 aromatic heterocycles. The standard InChI is InChI=1S/C10H22ClNO/c1-3-4-5-7-12-8-6-10(11)9-13-2/h10,12H,3-9H2,1-2H3. The van der Waals surface area contributed by atoms with Crippen molar-refractivity contribution in [3.05, 3.63) is 0 Å². The monoisotopic (exact) mass is 207 g/mol. The molecule has 0 bridgehead atoms. The van der Waals surface area contributed by atoms with Crippen LogP contribution in [0.2, 0.25) is 0 Å². The Kier molecular flexibility index (Phi) is 10.5. The number of methoxy groups -OCH3 is 1. The Morgan fingerprint density at radius 2 is 2.08 bits per heavy atom. The fourth-order valence-corrected chi connectivity index (χ4v) is 1.38. The Hall–Kier alpha value is 0.210. The van der Waals surface area contributed by atoms with Crippen molar-refractivity contribution in [2.75, 3.05) is 26.8 Å². The largest absolute Gasteiger partial charge is 0.383 e. The van der Waals surface area contributed by atoms with E-state index in [4.69, 9.17) is 16.3 Å². The molecule has 0 fully saturated rings. The second-order valence-electron chi connectivity index (χ2n) is 3.30. The van der Waals surface area contributed by atoms with Gasteiger partial charge in [0.15, 0.2) is 0 Å². The van der Waals surface area contributed by atoms with E-state index in [9.17, 15) is 0 Å². The third-order valence-corrected chi connectivity index (χ3v) is 2.28. The lowest BCUT2D eigenvalue weighted by Gasteiger charge is -2.08. The Morgan fingerprint density at radius 1 is 1.31 bits per heavy atom. The molecule has 0 saturated carbocycles. The first kappa shape index (κ1) is 13.2. The van der Waals surface area contributed by atoms with Crippen molar-refractivity contribution in [3.63, 3.8) is 0 Å². The molecule has 1 atom stereocenters. The topological polar surface area (TPSA) is 21.3 Å². The van der Waals surface area contributed by atoms with Gasteiger partial charge in [0.25, 0.3) is 0 Å². The summed E-state index contributed by atoms with van der Waals surface area (Å²) in [6.07, 6.45) is 4.86. The van der Waals surface area contributed by atoms with Gasteiger partial charge in [0, 0.05) is 7.11 Å². The molecule has 1 N–H and O–H groups in total. The molecule has 2 nitrogen and oxygen atoms in total. The molecular formula is C10H22ClNO. The van der Waals surface area contributed by atoms with Gasteiger partial charge in [-0.15, -0.1) is 11.6 Å². The first-order valence-corrected chi connectivity index (χ1v) is 5.58. The van der Waals surface area contributed by atoms with E-state index in [1.807, 2.05) is 0 Å². The summed E-state index contributed by atoms with van der Waals surface area (Å²) in [4.78, 5) is 0. The summed E-state index contributed by atoms with van der Waals surface area (Å²) >= 11 is 5.96. The number of halogens is 1. The van der Waals surface area contributed by atoms with Crippen LogP contribution in [0, 0.1) is 0 Å². The minimum atomic E-state index is 0.156. The normalized spacial score (nSPS) is 13.2. The van der Waals surface area contributed by atoms with Crippen LogP contribution in [0.5, 0.6) is 0 Å². The highest BCUT2D eigenvalue weighted by Crippen LogP contribution is 2.00. The summed E-state index contributed by atoms with van der Waals surface area (Å²) in [6.45, 7) is 4.98. The molecule has 0 radical (unpaired) electrons. The molecule has 0 aliphatic heterocycles. The van der Waals surface area contributed by atoms with E-state index in [0.717, 1.165) is 19.5 Å². The number of rotatable bonds is 9. The maximum absolute atomic E-state index is 5.96. The van der Waals surface area contributed by atoms with Crippen molar-refractivity contribution >= 4 is 11.6 Å². The molecule has 0 rings (SSSR count). The molecule has 0 aliphatic carbocycles. The predicted molar refractivity (Wildman–Crippen MR) is 58.5 cm³/mol. The zero-order valence-corrected chi connectivity index (χ0v) is 9.57. The van der Waals surface area contributed by atoms with E-state index >= 15 is 0 Å². The maximum Gasteiger partial charge on any atom is 0.0626 e. The summed E-state index contributed by atoms with van der Waals surface area (Å²) in [5.74, 6) is 0. The molecule has 0 aliphatic rings. The summed E-state index contributed by atoms with van der Waals surface area (Å²) < 4.78 is 4.94. The van der Waals surface area contributed by atoms with Crippen LogP contribution < -0.4 is 5.32 Å². The minimum absolute atomic E-state index is 0.156. The Balaban J connectivity index is 2.97. The van der Waals surface area contributed by atoms with Crippen molar-refractivity contribution in [3.8, 4) is 0 Å². The van der Waals surface area contributed by atoms with E-state index in [0.29, 0.717) is 6.61 Å². The van der Waals surface area contributed by atoms with E-state index in [1.54, 1.807) is 7.11 Å². The molecule has 0 spiro atoms. The predicted octanol–water partition coefficient (Wildman–Crippen LogP) is 2.41. The highest BCUT2D eigenvalue weighted by atomic mass is 35.5. The fraction of sp³-hybridized carbons (Fsp3) is 1.00. The second kappa shape index (κ2) is 10.3. The lowest BCUT2D eigenvalue weighted by molar-refractivity contribution is 0.195. The Labute approximate surface area is 87.0 Å². The van der Waals surface area contributed by atoms with Gasteiger partial charge in [-0.25, -0.2) is 0 Å². The number of hydrogen-bond acceptors (Lipinski definition) is 2. The van der Waals surface area contributed by atoms with Crippen molar-refractivity contribution in [1.29, 1.82) is 0 Å². The van der Waals surface area contributed by atoms with Crippen LogP contribution >= 0.6 is 11.6 Å². The molecule has 0 aromatic rings. The minimum Gasteiger partial charge on any atom is -0.383 e. The first-order valence-electron chi connectivity index (χ1n) is 5.15. The van der Waals surface area contributed by atoms with Gasteiger partial charge in [-0.2, -0.15) is 0 Å². The Morgan fingerprint density at radius 3 is 2.69 bits per heavy atom. The second-order valence-corrected chi connectivity index (χ2v) is 3.92. The van der Waals surface area contributed by atoms with Gasteiger partial charge >= 0.3 is 0 Å². The summed E-state index contributed by atoms with van der Waals surface area (Å²) in [5, 5.41) is 3.53. The van der Waals surface area contributed by atoms with E-state index in [1.165, 1.54) is 19.3 Å². The molecular weight excluding hydrogens is 186 g/mol. The molecule has 0 aromatic carbocycles. The van der Waals surface area contributed by atoms with Crippen molar-refractivity contribution in [2.45, 2.75) is 38.0 Å². The van der Waals surface area contributed by atoms with Crippen LogP contribution in [0.25, 0.3) is 0 Å². The van der Waals surface area contributed by atoms with Gasteiger partial charge in [-0.3, -0.25) is 0 Å². The molecule has 0 saturated heterocycles. The van der Waals surface area contributed by atoms with Crippen LogP contribution in [0.4, 0.5) is 0 Å². The maximum atomic E-state index is 5.96. The van der Waals surface area contributed by atoms with Gasteiger partial charge < -0.3 is 10.1 Å². The van der Waals surface area contributed by atoms with Crippen molar-refractivity contribution in [2.24, 2.45) is 0 Å². The van der Waals surface area contributed by atoms with Crippen LogP contribution in [0.1, 0.15) is 32.6 Å². The van der Waals surface area contributed by atoms with Crippen LogP contribution in [-0.4, -0.2) is 32.2 Å². The first-order chi connectivity index (χ1) is 6.31. The van der Waals surface area contributed by atoms with E-state index in [2.05, 4.69) is 12.2 Å². The van der Waals surface area contributed by atoms with Crippen molar-refractivity contribution < 1.29 is 4.74 Å². The summed E-state index contributed by atoms with van der Waals surface area (Å²) in [5.41, 5.74) is 0. The zero-order valence-electron chi connectivity index (χ0n) is 8.81. The van der Waals surface area contributed by atoms with E-state index < -0.39 is 0 Å². The highest BCUT2D eigenvalue weighted by Gasteiger charge is 2.01. The Bertz CT molecular complexity index is 101. The molecule has 0 heterocycles. The van der Waals surface area contributed by atoms with Gasteiger partial charge in [0.2, 0.25) is 0 Å².